The van der Waals surface area contributed by atoms with E-state index in [-0.39, 0.29) is 0 Å². The zero-order valence-electron chi connectivity index (χ0n) is 10.6. The number of carbonyl (C=O) groups is 1. The van der Waals surface area contributed by atoms with Crippen LogP contribution in [-0.2, 0) is 28.9 Å². The number of hydrogen-bond donors (Lipinski definition) is 1. The van der Waals surface area contributed by atoms with Crippen LogP contribution in [-0.4, -0.2) is 44.5 Å². The molecule has 0 amide bonds. The SMILES string of the molecule is CS(=O)(=O)C1=C(OS(=O)(=O)C(F)(F)F)CC(Cl)(C(=O)O)C=C1. The smallest absolute Gasteiger partial charge is 0.480 e. The Morgan fingerprint density at radius 1 is 1.36 bits per heavy atom. The Bertz CT molecular complexity index is 764. The van der Waals surface area contributed by atoms with E-state index in [0.29, 0.717) is 18.4 Å². The Morgan fingerprint density at radius 3 is 2.23 bits per heavy atom. The summed E-state index contributed by atoms with van der Waals surface area (Å²) >= 11 is 5.59. The predicted molar refractivity (Wildman–Crippen MR) is 67.9 cm³/mol. The zero-order chi connectivity index (χ0) is 17.6. The van der Waals surface area contributed by atoms with Crippen molar-refractivity contribution >= 4 is 37.5 Å². The number of aliphatic carboxylic acids is 1. The third kappa shape index (κ3) is 3.73. The van der Waals surface area contributed by atoms with Gasteiger partial charge in [0.25, 0.3) is 0 Å². The highest BCUT2D eigenvalue weighted by Crippen LogP contribution is 2.38. The van der Waals surface area contributed by atoms with E-state index in [4.69, 9.17) is 16.7 Å². The van der Waals surface area contributed by atoms with Gasteiger partial charge in [-0.1, -0.05) is 6.08 Å². The van der Waals surface area contributed by atoms with Crippen molar-refractivity contribution < 1.29 is 44.1 Å². The molecular weight excluding hydrogens is 377 g/mol. The maximum Gasteiger partial charge on any atom is 0.534 e. The molecule has 0 aromatic rings. The molecule has 0 aromatic heterocycles. The number of rotatable bonds is 4. The summed E-state index contributed by atoms with van der Waals surface area (Å²) in [6, 6.07) is 0. The third-order valence-corrected chi connectivity index (χ3v) is 5.01. The standard InChI is InChI=1S/C9H8ClF3O7S2/c1-21(16,17)6-2-3-8(10,7(14)15)4-5(6)20-22(18,19)9(11,12)13/h2-3H,4H2,1H3,(H,14,15). The van der Waals surface area contributed by atoms with Crippen LogP contribution in [0.5, 0.6) is 0 Å². The number of sulfone groups is 1. The molecule has 0 aliphatic heterocycles. The monoisotopic (exact) mass is 384 g/mol. The molecule has 0 radical (unpaired) electrons. The molecule has 0 aromatic carbocycles. The highest BCUT2D eigenvalue weighted by atomic mass is 35.5. The van der Waals surface area contributed by atoms with Gasteiger partial charge in [0.15, 0.2) is 14.7 Å². The molecule has 0 fully saturated rings. The molecule has 0 bridgehead atoms. The van der Waals surface area contributed by atoms with Crippen molar-refractivity contribution in [1.82, 2.24) is 0 Å². The van der Waals surface area contributed by atoms with Crippen LogP contribution in [0.2, 0.25) is 0 Å². The van der Waals surface area contributed by atoms with Gasteiger partial charge >= 0.3 is 21.6 Å². The number of halogens is 4. The second-order valence-corrected chi connectivity index (χ2v) is 8.42. The molecule has 0 heterocycles. The van der Waals surface area contributed by atoms with Crippen LogP contribution >= 0.6 is 11.6 Å². The minimum Gasteiger partial charge on any atom is -0.480 e. The summed E-state index contributed by atoms with van der Waals surface area (Å²) in [7, 11) is -10.4. The summed E-state index contributed by atoms with van der Waals surface area (Å²) in [5, 5.41) is 8.88. The number of allylic oxidation sites excluding steroid dienone is 2. The fraction of sp³-hybridized carbons (Fsp3) is 0.444. The van der Waals surface area contributed by atoms with Crippen molar-refractivity contribution in [2.75, 3.05) is 6.26 Å². The second kappa shape index (κ2) is 5.42. The van der Waals surface area contributed by atoms with Crippen LogP contribution in [0.25, 0.3) is 0 Å². The minimum absolute atomic E-state index is 0.582. The van der Waals surface area contributed by atoms with Gasteiger partial charge in [0, 0.05) is 12.7 Å². The van der Waals surface area contributed by atoms with Gasteiger partial charge < -0.3 is 9.29 Å². The summed E-state index contributed by atoms with van der Waals surface area (Å²) in [6.45, 7) is 0. The van der Waals surface area contributed by atoms with Gasteiger partial charge in [-0.3, -0.25) is 0 Å². The highest BCUT2D eigenvalue weighted by molar-refractivity contribution is 7.94. The largest absolute Gasteiger partial charge is 0.534 e. The van der Waals surface area contributed by atoms with Crippen LogP contribution in [0.15, 0.2) is 22.8 Å². The van der Waals surface area contributed by atoms with E-state index in [1.165, 1.54) is 0 Å². The van der Waals surface area contributed by atoms with Crippen LogP contribution in [0.1, 0.15) is 6.42 Å². The van der Waals surface area contributed by atoms with E-state index in [2.05, 4.69) is 4.18 Å². The Hall–Kier alpha value is -1.27. The van der Waals surface area contributed by atoms with Crippen molar-refractivity contribution in [2.45, 2.75) is 16.8 Å². The lowest BCUT2D eigenvalue weighted by molar-refractivity contribution is -0.138. The molecule has 1 rings (SSSR count). The first kappa shape index (κ1) is 18.8. The highest BCUT2D eigenvalue weighted by Gasteiger charge is 2.51. The Kier molecular flexibility index (Phi) is 4.63. The van der Waals surface area contributed by atoms with E-state index < -0.39 is 53.4 Å². The Morgan fingerprint density at radius 2 is 1.86 bits per heavy atom. The summed E-state index contributed by atoms with van der Waals surface area (Å²) in [4.78, 5) is 7.72. The van der Waals surface area contributed by atoms with Gasteiger partial charge in [0.1, 0.15) is 10.7 Å². The van der Waals surface area contributed by atoms with Crippen molar-refractivity contribution in [3.05, 3.63) is 22.8 Å². The summed E-state index contributed by atoms with van der Waals surface area (Å²) in [5.74, 6) is -2.94. The summed E-state index contributed by atoms with van der Waals surface area (Å²) in [5.41, 5.74) is -5.82. The molecular formula is C9H8ClF3O7S2. The molecule has 22 heavy (non-hydrogen) atoms. The fourth-order valence-electron chi connectivity index (χ4n) is 1.41. The topological polar surface area (TPSA) is 115 Å². The van der Waals surface area contributed by atoms with Gasteiger partial charge in [0.2, 0.25) is 0 Å². The van der Waals surface area contributed by atoms with Crippen LogP contribution in [0.4, 0.5) is 13.2 Å². The predicted octanol–water partition coefficient (Wildman–Crippen LogP) is 1.13. The van der Waals surface area contributed by atoms with Crippen LogP contribution in [0.3, 0.4) is 0 Å². The average molecular weight is 385 g/mol. The first-order valence-electron chi connectivity index (χ1n) is 5.16. The van der Waals surface area contributed by atoms with Gasteiger partial charge in [-0.2, -0.15) is 21.6 Å². The third-order valence-electron chi connectivity index (χ3n) is 2.44. The average Bonchev–Trinajstić information content (AvgIpc) is 2.24. The zero-order valence-corrected chi connectivity index (χ0v) is 13.0. The quantitative estimate of drug-likeness (QED) is 0.439. The van der Waals surface area contributed by atoms with E-state index in [0.717, 1.165) is 0 Å². The number of alkyl halides is 4. The molecule has 1 atom stereocenters. The molecule has 126 valence electrons. The van der Waals surface area contributed by atoms with Crippen molar-refractivity contribution in [3.63, 3.8) is 0 Å². The molecule has 7 nitrogen and oxygen atoms in total. The molecule has 0 spiro atoms. The van der Waals surface area contributed by atoms with E-state index >= 15 is 0 Å². The van der Waals surface area contributed by atoms with Gasteiger partial charge in [0.05, 0.1) is 0 Å². The first-order valence-corrected chi connectivity index (χ1v) is 8.83. The van der Waals surface area contributed by atoms with Gasteiger partial charge in [-0.15, -0.1) is 11.6 Å². The molecule has 1 aliphatic carbocycles. The van der Waals surface area contributed by atoms with E-state index in [9.17, 15) is 34.8 Å². The lowest BCUT2D eigenvalue weighted by Gasteiger charge is -2.25. The van der Waals surface area contributed by atoms with Crippen LogP contribution < -0.4 is 0 Å². The molecule has 1 unspecified atom stereocenters. The molecule has 1 N–H and O–H groups in total. The number of carboxylic acids is 1. The molecule has 13 heteroatoms. The van der Waals surface area contributed by atoms with Gasteiger partial charge in [-0.05, 0) is 6.08 Å². The second-order valence-electron chi connectivity index (χ2n) is 4.22. The number of hydrogen-bond acceptors (Lipinski definition) is 6. The lowest BCUT2D eigenvalue weighted by atomic mass is 9.98. The maximum atomic E-state index is 12.3. The normalized spacial score (nSPS) is 23.5. The molecule has 0 saturated carbocycles. The van der Waals surface area contributed by atoms with Crippen molar-refractivity contribution in [3.8, 4) is 0 Å². The lowest BCUT2D eigenvalue weighted by Crippen LogP contribution is -2.35. The minimum atomic E-state index is -6.17. The first-order chi connectivity index (χ1) is 9.60. The Balaban J connectivity index is 3.45. The van der Waals surface area contributed by atoms with E-state index in [1.807, 2.05) is 0 Å². The van der Waals surface area contributed by atoms with Crippen LogP contribution in [0, 0.1) is 0 Å². The maximum absolute atomic E-state index is 12.3. The van der Waals surface area contributed by atoms with E-state index in [1.54, 1.807) is 0 Å². The molecule has 0 saturated heterocycles. The van der Waals surface area contributed by atoms with Gasteiger partial charge in [-0.25, -0.2) is 13.2 Å². The number of carboxylic acid groups (broad SMARTS) is 1. The fourth-order valence-corrected chi connectivity index (χ4v) is 3.00. The van der Waals surface area contributed by atoms with Crippen molar-refractivity contribution in [1.29, 1.82) is 0 Å². The Labute approximate surface area is 128 Å². The summed E-state index contributed by atoms with van der Waals surface area (Å²) in [6.07, 6.45) is 0.776. The van der Waals surface area contributed by atoms with Crippen molar-refractivity contribution in [2.24, 2.45) is 0 Å². The summed E-state index contributed by atoms with van der Waals surface area (Å²) < 4.78 is 85.6. The molecule has 1 aliphatic rings.